The molecule has 5 nitrogen and oxygen atoms in total. The van der Waals surface area contributed by atoms with Crippen molar-refractivity contribution < 1.29 is 14.0 Å². The van der Waals surface area contributed by atoms with Crippen molar-refractivity contribution >= 4 is 27.7 Å². The maximum absolute atomic E-state index is 12.5. The van der Waals surface area contributed by atoms with E-state index in [0.717, 1.165) is 28.6 Å². The topological polar surface area (TPSA) is 62.6 Å². The van der Waals surface area contributed by atoms with Crippen LogP contribution in [-0.4, -0.2) is 29.3 Å². The predicted octanol–water partition coefficient (Wildman–Crippen LogP) is 4.12. The van der Waals surface area contributed by atoms with Crippen molar-refractivity contribution in [1.29, 1.82) is 0 Å². The second-order valence-corrected chi connectivity index (χ2v) is 8.29. The van der Waals surface area contributed by atoms with Crippen molar-refractivity contribution in [3.63, 3.8) is 0 Å². The van der Waals surface area contributed by atoms with Gasteiger partial charge in [-0.05, 0) is 37.1 Å². The molecule has 1 aliphatic heterocycles. The molecule has 1 unspecified atom stereocenters. The number of furan rings is 1. The first-order valence-electron chi connectivity index (χ1n) is 9.52. The van der Waals surface area contributed by atoms with Crippen LogP contribution in [0, 0.1) is 5.92 Å². The smallest absolute Gasteiger partial charge is 0.225 e. The highest BCUT2D eigenvalue weighted by molar-refractivity contribution is 9.10. The van der Waals surface area contributed by atoms with Gasteiger partial charge in [-0.3, -0.25) is 9.59 Å². The van der Waals surface area contributed by atoms with Gasteiger partial charge in [0.1, 0.15) is 11.5 Å². The average Bonchev–Trinajstić information content (AvgIpc) is 3.41. The average molecular weight is 431 g/mol. The Bertz CT molecular complexity index is 824. The van der Waals surface area contributed by atoms with Crippen LogP contribution < -0.4 is 5.32 Å². The Labute approximate surface area is 167 Å². The molecule has 1 aromatic carbocycles. The number of carbonyl (C=O) groups excluding carboxylic acids is 2. The number of halogens is 1. The van der Waals surface area contributed by atoms with Crippen LogP contribution in [0.3, 0.4) is 0 Å². The Morgan fingerprint density at radius 3 is 2.63 bits per heavy atom. The minimum Gasteiger partial charge on any atom is -0.459 e. The van der Waals surface area contributed by atoms with Crippen molar-refractivity contribution in [3.8, 4) is 11.3 Å². The van der Waals surface area contributed by atoms with Gasteiger partial charge in [0.25, 0.3) is 0 Å². The Kier molecular flexibility index (Phi) is 5.34. The van der Waals surface area contributed by atoms with Crippen LogP contribution in [-0.2, 0) is 16.1 Å². The Morgan fingerprint density at radius 2 is 1.89 bits per heavy atom. The summed E-state index contributed by atoms with van der Waals surface area (Å²) in [5.41, 5.74) is 0.990. The fraction of sp³-hybridized carbons (Fsp3) is 0.429. The number of likely N-dealkylation sites (tertiary alicyclic amines) is 1. The molecule has 2 heterocycles. The van der Waals surface area contributed by atoms with E-state index in [2.05, 4.69) is 21.2 Å². The van der Waals surface area contributed by atoms with E-state index >= 15 is 0 Å². The minimum absolute atomic E-state index is 0.0644. The van der Waals surface area contributed by atoms with Crippen LogP contribution in [0.15, 0.2) is 45.3 Å². The van der Waals surface area contributed by atoms with Crippen LogP contribution in [0.4, 0.5) is 0 Å². The van der Waals surface area contributed by atoms with Crippen molar-refractivity contribution in [2.45, 2.75) is 44.7 Å². The van der Waals surface area contributed by atoms with E-state index in [0.29, 0.717) is 31.3 Å². The monoisotopic (exact) mass is 430 g/mol. The van der Waals surface area contributed by atoms with Crippen molar-refractivity contribution in [2.24, 2.45) is 5.92 Å². The number of amides is 2. The summed E-state index contributed by atoms with van der Waals surface area (Å²) in [6, 6.07) is 12.0. The van der Waals surface area contributed by atoms with Gasteiger partial charge >= 0.3 is 0 Å². The lowest BCUT2D eigenvalue weighted by Gasteiger charge is -2.23. The summed E-state index contributed by atoms with van der Waals surface area (Å²) < 4.78 is 6.86. The molecule has 1 aromatic heterocycles. The largest absolute Gasteiger partial charge is 0.459 e. The molecule has 1 aliphatic carbocycles. The second-order valence-electron chi connectivity index (χ2n) is 7.38. The number of hydrogen-bond acceptors (Lipinski definition) is 3. The lowest BCUT2D eigenvalue weighted by Crippen LogP contribution is -2.36. The number of hydrogen-bond donors (Lipinski definition) is 1. The highest BCUT2D eigenvalue weighted by atomic mass is 79.9. The highest BCUT2D eigenvalue weighted by Gasteiger charge is 2.38. The molecule has 142 valence electrons. The fourth-order valence-electron chi connectivity index (χ4n) is 4.04. The second kappa shape index (κ2) is 7.89. The summed E-state index contributed by atoms with van der Waals surface area (Å²) in [5.74, 6) is 1.29. The molecular formula is C21H23BrN2O3. The zero-order valence-electron chi connectivity index (χ0n) is 15.1. The van der Waals surface area contributed by atoms with Gasteiger partial charge < -0.3 is 14.6 Å². The summed E-state index contributed by atoms with van der Waals surface area (Å²) in [5, 5.41) is 2.93. The molecule has 1 N–H and O–H groups in total. The molecule has 27 heavy (non-hydrogen) atoms. The van der Waals surface area contributed by atoms with Gasteiger partial charge in [-0.1, -0.05) is 40.9 Å². The highest BCUT2D eigenvalue weighted by Crippen LogP contribution is 2.29. The lowest BCUT2D eigenvalue weighted by atomic mass is 10.1. The van der Waals surface area contributed by atoms with Crippen LogP contribution in [0.2, 0.25) is 0 Å². The number of nitrogens with one attached hydrogen (secondary N) is 1. The molecule has 6 heteroatoms. The summed E-state index contributed by atoms with van der Waals surface area (Å²) in [7, 11) is 0. The SMILES string of the molecule is O=C(NCc1ccc(-c2ccc(Br)cc2)o1)C1CC(=O)N(C2CCCC2)C1. The van der Waals surface area contributed by atoms with Crippen molar-refractivity contribution in [2.75, 3.05) is 6.54 Å². The molecule has 0 bridgehead atoms. The first kappa shape index (κ1) is 18.3. The number of rotatable bonds is 5. The van der Waals surface area contributed by atoms with Crippen LogP contribution >= 0.6 is 15.9 Å². The molecule has 1 saturated carbocycles. The molecule has 2 amide bonds. The summed E-state index contributed by atoms with van der Waals surface area (Å²) in [6.45, 7) is 0.890. The van der Waals surface area contributed by atoms with Crippen molar-refractivity contribution in [3.05, 3.63) is 46.6 Å². The minimum atomic E-state index is -0.251. The van der Waals surface area contributed by atoms with E-state index in [1.165, 1.54) is 12.8 Å². The normalized spacial score (nSPS) is 20.4. The lowest BCUT2D eigenvalue weighted by molar-refractivity contribution is -0.130. The van der Waals surface area contributed by atoms with Crippen LogP contribution in [0.25, 0.3) is 11.3 Å². The van der Waals surface area contributed by atoms with Crippen LogP contribution in [0.1, 0.15) is 37.9 Å². The van der Waals surface area contributed by atoms with Crippen LogP contribution in [0.5, 0.6) is 0 Å². The van der Waals surface area contributed by atoms with E-state index in [9.17, 15) is 9.59 Å². The molecule has 1 atom stereocenters. The fourth-order valence-corrected chi connectivity index (χ4v) is 4.30. The third-order valence-corrected chi connectivity index (χ3v) is 6.05. The third kappa shape index (κ3) is 4.10. The Morgan fingerprint density at radius 1 is 1.15 bits per heavy atom. The molecule has 2 aliphatic rings. The number of nitrogens with zero attached hydrogens (tertiary/aromatic N) is 1. The molecule has 1 saturated heterocycles. The van der Waals surface area contributed by atoms with E-state index in [1.54, 1.807) is 0 Å². The van der Waals surface area contributed by atoms with E-state index < -0.39 is 0 Å². The van der Waals surface area contributed by atoms with Gasteiger partial charge in [-0.2, -0.15) is 0 Å². The molecule has 4 rings (SSSR count). The summed E-state index contributed by atoms with van der Waals surface area (Å²) in [6.07, 6.45) is 4.84. The molecule has 2 fully saturated rings. The zero-order chi connectivity index (χ0) is 18.8. The van der Waals surface area contributed by atoms with Gasteiger partial charge in [0.2, 0.25) is 11.8 Å². The van der Waals surface area contributed by atoms with Gasteiger partial charge in [-0.25, -0.2) is 0 Å². The maximum Gasteiger partial charge on any atom is 0.225 e. The van der Waals surface area contributed by atoms with Gasteiger partial charge in [0, 0.05) is 29.0 Å². The molecule has 0 spiro atoms. The molecular weight excluding hydrogens is 408 g/mol. The first-order valence-corrected chi connectivity index (χ1v) is 10.3. The molecule has 2 aromatic rings. The standard InChI is InChI=1S/C21H23BrN2O3/c22-16-7-5-14(6-8-16)19-10-9-18(27-19)12-23-21(26)15-11-20(25)24(13-15)17-3-1-2-4-17/h5-10,15,17H,1-4,11-13H2,(H,23,26). The molecule has 0 radical (unpaired) electrons. The quantitative estimate of drug-likeness (QED) is 0.775. The Hall–Kier alpha value is -2.08. The Balaban J connectivity index is 1.32. The number of benzene rings is 1. The van der Waals surface area contributed by atoms with Gasteiger partial charge in [-0.15, -0.1) is 0 Å². The first-order chi connectivity index (χ1) is 13.1. The van der Waals surface area contributed by atoms with Gasteiger partial charge in [0.15, 0.2) is 0 Å². The van der Waals surface area contributed by atoms with Crippen molar-refractivity contribution in [1.82, 2.24) is 10.2 Å². The predicted molar refractivity (Wildman–Crippen MR) is 106 cm³/mol. The summed E-state index contributed by atoms with van der Waals surface area (Å²) in [4.78, 5) is 26.7. The summed E-state index contributed by atoms with van der Waals surface area (Å²) >= 11 is 3.42. The third-order valence-electron chi connectivity index (χ3n) is 5.52. The van der Waals surface area contributed by atoms with Gasteiger partial charge in [0.05, 0.1) is 12.5 Å². The van der Waals surface area contributed by atoms with E-state index in [4.69, 9.17) is 4.42 Å². The van der Waals surface area contributed by atoms with E-state index in [1.807, 2.05) is 41.3 Å². The zero-order valence-corrected chi connectivity index (χ0v) is 16.7. The number of carbonyl (C=O) groups is 2. The maximum atomic E-state index is 12.5. The van der Waals surface area contributed by atoms with E-state index in [-0.39, 0.29) is 17.7 Å².